The number of para-hydroxylation sites is 4. The zero-order chi connectivity index (χ0) is 33.5. The molecule has 4 aliphatic carbocycles. The van der Waals surface area contributed by atoms with E-state index in [9.17, 15) is 9.59 Å². The standard InChI is InChI=1S/C40H38N4O4/c1-35(2)37(5)18-20-39(35,31-29(37)41-25-14-7-9-16-27(25)43-31)33(45)47-23-12-11-13-24(22-23)48-34(46)40-21-19-38(6,36(40,3)4)30-32(40)44-28-17-10-8-15-26(28)42-30/h7-17,22H,18-21H2,1-6H3. The molecule has 0 saturated heterocycles. The van der Waals surface area contributed by atoms with Gasteiger partial charge in [-0.25, -0.2) is 19.9 Å². The maximum atomic E-state index is 14.4. The van der Waals surface area contributed by atoms with Crippen LogP contribution in [0.1, 0.15) is 90.0 Å². The zero-order valence-corrected chi connectivity index (χ0v) is 28.2. The van der Waals surface area contributed by atoms with Crippen molar-refractivity contribution in [1.82, 2.24) is 19.9 Å². The molecule has 0 amide bonds. The minimum absolute atomic E-state index is 0.317. The second-order valence-corrected chi connectivity index (χ2v) is 15.8. The Hall–Kier alpha value is -4.72. The van der Waals surface area contributed by atoms with Gasteiger partial charge in [-0.2, -0.15) is 0 Å². The number of aromatic nitrogens is 4. The van der Waals surface area contributed by atoms with E-state index in [2.05, 4.69) is 41.5 Å². The van der Waals surface area contributed by atoms with E-state index in [0.717, 1.165) is 46.3 Å². The zero-order valence-electron chi connectivity index (χ0n) is 28.2. The third-order valence-electron chi connectivity index (χ3n) is 13.8. The van der Waals surface area contributed by atoms with Crippen molar-refractivity contribution in [2.75, 3.05) is 0 Å². The highest BCUT2D eigenvalue weighted by Gasteiger charge is 2.75. The molecule has 4 atom stereocenters. The summed E-state index contributed by atoms with van der Waals surface area (Å²) in [7, 11) is 0. The van der Waals surface area contributed by atoms with Crippen molar-refractivity contribution in [1.29, 1.82) is 0 Å². The lowest BCUT2D eigenvalue weighted by molar-refractivity contribution is -0.145. The predicted molar refractivity (Wildman–Crippen MR) is 181 cm³/mol. The Morgan fingerprint density at radius 2 is 0.854 bits per heavy atom. The molecule has 4 bridgehead atoms. The van der Waals surface area contributed by atoms with Crippen molar-refractivity contribution < 1.29 is 19.1 Å². The first kappa shape index (κ1) is 29.4. The minimum atomic E-state index is -0.965. The molecule has 0 spiro atoms. The van der Waals surface area contributed by atoms with Crippen LogP contribution >= 0.6 is 0 Å². The van der Waals surface area contributed by atoms with Gasteiger partial charge in [-0.05, 0) is 72.9 Å². The summed E-state index contributed by atoms with van der Waals surface area (Å²) in [6, 6.07) is 22.4. The van der Waals surface area contributed by atoms with Crippen LogP contribution in [0.15, 0.2) is 72.8 Å². The van der Waals surface area contributed by atoms with E-state index in [0.29, 0.717) is 35.7 Å². The van der Waals surface area contributed by atoms with Crippen LogP contribution in [0.25, 0.3) is 22.1 Å². The summed E-state index contributed by atoms with van der Waals surface area (Å²) < 4.78 is 12.4. The normalized spacial score (nSPS) is 30.0. The Labute approximate surface area is 279 Å². The van der Waals surface area contributed by atoms with Crippen molar-refractivity contribution >= 4 is 34.0 Å². The van der Waals surface area contributed by atoms with Crippen LogP contribution in [0.5, 0.6) is 11.5 Å². The molecule has 48 heavy (non-hydrogen) atoms. The summed E-state index contributed by atoms with van der Waals surface area (Å²) in [6.07, 6.45) is 2.86. The van der Waals surface area contributed by atoms with Crippen molar-refractivity contribution in [3.05, 3.63) is 95.6 Å². The first-order chi connectivity index (χ1) is 22.8. The number of benzene rings is 3. The van der Waals surface area contributed by atoms with Crippen molar-refractivity contribution in [3.8, 4) is 11.5 Å². The molecular weight excluding hydrogens is 600 g/mol. The first-order valence-electron chi connectivity index (χ1n) is 16.9. The molecule has 8 nitrogen and oxygen atoms in total. The molecule has 3 aromatic carbocycles. The van der Waals surface area contributed by atoms with Gasteiger partial charge in [0, 0.05) is 16.9 Å². The monoisotopic (exact) mass is 638 g/mol. The van der Waals surface area contributed by atoms with Crippen molar-refractivity contribution in [2.24, 2.45) is 10.8 Å². The van der Waals surface area contributed by atoms with Crippen molar-refractivity contribution in [2.45, 2.75) is 88.9 Å². The summed E-state index contributed by atoms with van der Waals surface area (Å²) in [5, 5.41) is 0. The topological polar surface area (TPSA) is 104 Å². The van der Waals surface area contributed by atoms with Crippen LogP contribution in [-0.4, -0.2) is 31.9 Å². The van der Waals surface area contributed by atoms with Gasteiger partial charge in [-0.3, -0.25) is 9.59 Å². The summed E-state index contributed by atoms with van der Waals surface area (Å²) in [6.45, 7) is 12.9. The Kier molecular flexibility index (Phi) is 5.54. The summed E-state index contributed by atoms with van der Waals surface area (Å²) in [5.74, 6) is -0.0869. The molecule has 242 valence electrons. The van der Waals surface area contributed by atoms with Gasteiger partial charge in [-0.1, -0.05) is 71.9 Å². The summed E-state index contributed by atoms with van der Waals surface area (Å²) in [4.78, 5) is 49.1. The van der Waals surface area contributed by atoms with E-state index in [4.69, 9.17) is 29.4 Å². The van der Waals surface area contributed by atoms with Gasteiger partial charge in [0.25, 0.3) is 0 Å². The molecule has 8 heteroatoms. The number of carbonyl (C=O) groups excluding carboxylic acids is 2. The molecule has 2 heterocycles. The van der Waals surface area contributed by atoms with Gasteiger partial charge in [0.2, 0.25) is 0 Å². The highest BCUT2D eigenvalue weighted by molar-refractivity contribution is 5.92. The van der Waals surface area contributed by atoms with Crippen LogP contribution in [0.4, 0.5) is 0 Å². The molecule has 9 rings (SSSR count). The lowest BCUT2D eigenvalue weighted by Gasteiger charge is -2.39. The molecule has 0 N–H and O–H groups in total. The average Bonchev–Trinajstić information content (AvgIpc) is 3.53. The van der Waals surface area contributed by atoms with Crippen LogP contribution in [0.2, 0.25) is 0 Å². The van der Waals surface area contributed by atoms with Gasteiger partial charge in [0.05, 0.1) is 44.8 Å². The van der Waals surface area contributed by atoms with E-state index >= 15 is 0 Å². The van der Waals surface area contributed by atoms with E-state index in [1.54, 1.807) is 24.3 Å². The molecule has 0 radical (unpaired) electrons. The number of hydrogen-bond donors (Lipinski definition) is 0. The van der Waals surface area contributed by atoms with Gasteiger partial charge in [-0.15, -0.1) is 0 Å². The van der Waals surface area contributed by atoms with Gasteiger partial charge in [0.15, 0.2) is 0 Å². The highest BCUT2D eigenvalue weighted by atomic mass is 16.5. The fourth-order valence-corrected chi connectivity index (χ4v) is 9.99. The number of esters is 2. The maximum Gasteiger partial charge on any atom is 0.324 e. The van der Waals surface area contributed by atoms with Gasteiger partial charge in [0.1, 0.15) is 22.3 Å². The number of carbonyl (C=O) groups is 2. The van der Waals surface area contributed by atoms with E-state index < -0.39 is 21.7 Å². The fraction of sp³-hybridized carbons (Fsp3) is 0.400. The van der Waals surface area contributed by atoms with Gasteiger partial charge >= 0.3 is 11.9 Å². The first-order valence-corrected chi connectivity index (χ1v) is 16.9. The molecule has 2 aromatic heterocycles. The third kappa shape index (κ3) is 3.17. The van der Waals surface area contributed by atoms with Crippen LogP contribution in [0.3, 0.4) is 0 Å². The molecule has 5 aromatic rings. The number of fused-ring (bicyclic) bond motifs is 12. The van der Waals surface area contributed by atoms with Crippen molar-refractivity contribution in [3.63, 3.8) is 0 Å². The van der Waals surface area contributed by atoms with Crippen LogP contribution in [0, 0.1) is 10.8 Å². The van der Waals surface area contributed by atoms with Crippen LogP contribution in [-0.2, 0) is 31.2 Å². The second-order valence-electron chi connectivity index (χ2n) is 15.8. The number of ether oxygens (including phenoxy) is 2. The van der Waals surface area contributed by atoms with E-state index in [1.165, 1.54) is 0 Å². The molecule has 2 saturated carbocycles. The average molecular weight is 639 g/mol. The van der Waals surface area contributed by atoms with Gasteiger partial charge < -0.3 is 9.47 Å². The lowest BCUT2D eigenvalue weighted by atomic mass is 9.64. The third-order valence-corrected chi connectivity index (χ3v) is 13.8. The SMILES string of the molecule is CC12CCC(C(=O)Oc3cccc(OC(=O)C45CCC(C)(c6nc7ccccc7nc64)C5(C)C)c3)(c3nc4ccccc4nc31)C2(C)C. The number of rotatable bonds is 4. The molecule has 4 aliphatic rings. The molecule has 0 aliphatic heterocycles. The van der Waals surface area contributed by atoms with Crippen LogP contribution < -0.4 is 9.47 Å². The Morgan fingerprint density at radius 3 is 1.23 bits per heavy atom. The highest BCUT2D eigenvalue weighted by Crippen LogP contribution is 2.71. The quantitative estimate of drug-likeness (QED) is 0.148. The predicted octanol–water partition coefficient (Wildman–Crippen LogP) is 7.44. The maximum absolute atomic E-state index is 14.4. The lowest BCUT2D eigenvalue weighted by Crippen LogP contribution is -2.48. The molecule has 2 fully saturated rings. The second kappa shape index (κ2) is 9.04. The molecule has 4 unspecified atom stereocenters. The smallest absolute Gasteiger partial charge is 0.324 e. The Morgan fingerprint density at radius 1 is 0.500 bits per heavy atom. The fourth-order valence-electron chi connectivity index (χ4n) is 9.99. The number of nitrogens with zero attached hydrogens (tertiary/aromatic N) is 4. The van der Waals surface area contributed by atoms with E-state index in [-0.39, 0.29) is 22.8 Å². The summed E-state index contributed by atoms with van der Waals surface area (Å²) >= 11 is 0. The van der Waals surface area contributed by atoms with E-state index in [1.807, 2.05) is 48.5 Å². The Bertz CT molecular complexity index is 2110. The molecular formula is C40H38N4O4. The Balaban J connectivity index is 1.05. The largest absolute Gasteiger partial charge is 0.426 e. The minimum Gasteiger partial charge on any atom is -0.426 e. The number of hydrogen-bond acceptors (Lipinski definition) is 8. The summed E-state index contributed by atoms with van der Waals surface area (Å²) in [5.41, 5.74) is 2.82.